The molecular weight excluding hydrogens is 436 g/mol. The molecule has 1 aromatic carbocycles. The fourth-order valence-electron chi connectivity index (χ4n) is 3.52. The molecule has 0 aliphatic heterocycles. The normalized spacial score (nSPS) is 12.0. The zero-order valence-corrected chi connectivity index (χ0v) is 20.9. The van der Waals surface area contributed by atoms with Crippen LogP contribution in [0, 0.1) is 17.2 Å². The number of hydrogen-bond acceptors (Lipinski definition) is 6. The largest absolute Gasteiger partial charge is 0.397 e. The number of rotatable bonds is 9. The smallest absolute Gasteiger partial charge is 0.255 e. The van der Waals surface area contributed by atoms with E-state index in [1.807, 2.05) is 42.3 Å². The fraction of sp³-hybridized carbons (Fsp3) is 0.357. The van der Waals surface area contributed by atoms with E-state index in [1.54, 1.807) is 18.5 Å². The summed E-state index contributed by atoms with van der Waals surface area (Å²) in [5, 5.41) is 8.82. The number of pyridine rings is 2. The lowest BCUT2D eigenvalue weighted by Crippen LogP contribution is -2.37. The summed E-state index contributed by atoms with van der Waals surface area (Å²) in [6.45, 7) is 8.26. The van der Waals surface area contributed by atoms with Gasteiger partial charge in [-0.15, -0.1) is 0 Å². The molecule has 2 atom stereocenters. The van der Waals surface area contributed by atoms with E-state index in [1.165, 1.54) is 11.8 Å². The van der Waals surface area contributed by atoms with Crippen molar-refractivity contribution >= 4 is 11.6 Å². The van der Waals surface area contributed by atoms with Crippen molar-refractivity contribution in [2.24, 2.45) is 11.7 Å². The zero-order chi connectivity index (χ0) is 25.6. The van der Waals surface area contributed by atoms with E-state index in [9.17, 15) is 4.79 Å². The van der Waals surface area contributed by atoms with Crippen LogP contribution in [0.4, 0.5) is 5.69 Å². The second-order valence-corrected chi connectivity index (χ2v) is 8.70. The van der Waals surface area contributed by atoms with Gasteiger partial charge in [0.2, 0.25) is 0 Å². The van der Waals surface area contributed by atoms with Gasteiger partial charge in [-0.2, -0.15) is 5.26 Å². The van der Waals surface area contributed by atoms with Crippen molar-refractivity contribution in [3.05, 3.63) is 89.5 Å². The summed E-state index contributed by atoms with van der Waals surface area (Å²) < 4.78 is 0. The average Bonchev–Trinajstić information content (AvgIpc) is 2.90. The molecule has 0 radical (unpaired) electrons. The second kappa shape index (κ2) is 14.5. The number of nitrogen functional groups attached to an aromatic ring is 1. The standard InChI is InChI=1S/C14H24N4O.C14H12N2/c1-3-4-5-18(10-11(2)7-15)14(19)12-6-13(16)9-17-8-12;1-11(13-5-3-2-4-6-13)14-7-12(8-15)9-16-10-14/h6,8-9,11H,3-5,7,10,15-16H2,1-2H3;2-7,9-11H,1H3. The number of carbonyl (C=O) groups is 1. The maximum absolute atomic E-state index is 12.4. The number of aromatic nitrogens is 2. The predicted octanol–water partition coefficient (Wildman–Crippen LogP) is 4.61. The highest BCUT2D eigenvalue weighted by molar-refractivity contribution is 5.94. The zero-order valence-electron chi connectivity index (χ0n) is 20.9. The van der Waals surface area contributed by atoms with Crippen molar-refractivity contribution < 1.29 is 4.79 Å². The lowest BCUT2D eigenvalue weighted by molar-refractivity contribution is 0.0731. The van der Waals surface area contributed by atoms with E-state index in [4.69, 9.17) is 16.7 Å². The molecule has 7 nitrogen and oxygen atoms in total. The SMILES string of the molecule is CC(c1ccccc1)c1cncc(C#N)c1.CCCCN(CC(C)CN)C(=O)c1cncc(N)c1. The molecule has 0 aliphatic rings. The summed E-state index contributed by atoms with van der Waals surface area (Å²) in [6.07, 6.45) is 8.54. The van der Waals surface area contributed by atoms with Gasteiger partial charge in [-0.05, 0) is 42.1 Å². The third-order valence-electron chi connectivity index (χ3n) is 5.70. The highest BCUT2D eigenvalue weighted by Gasteiger charge is 2.18. The Balaban J connectivity index is 0.000000250. The van der Waals surface area contributed by atoms with Crippen molar-refractivity contribution in [3.63, 3.8) is 0 Å². The maximum atomic E-state index is 12.4. The molecule has 3 rings (SSSR count). The number of nitrogens with zero attached hydrogens (tertiary/aromatic N) is 4. The Morgan fingerprint density at radius 3 is 2.40 bits per heavy atom. The maximum Gasteiger partial charge on any atom is 0.255 e. The Morgan fingerprint density at radius 1 is 1.06 bits per heavy atom. The Hall–Kier alpha value is -3.76. The number of carbonyl (C=O) groups excluding carboxylic acids is 1. The van der Waals surface area contributed by atoms with Crippen LogP contribution in [0.2, 0.25) is 0 Å². The molecule has 2 heterocycles. The van der Waals surface area contributed by atoms with Crippen LogP contribution in [0.25, 0.3) is 0 Å². The quantitative estimate of drug-likeness (QED) is 0.469. The molecule has 0 bridgehead atoms. The molecule has 7 heteroatoms. The predicted molar refractivity (Wildman–Crippen MR) is 141 cm³/mol. The summed E-state index contributed by atoms with van der Waals surface area (Å²) in [5.74, 6) is 0.533. The lowest BCUT2D eigenvalue weighted by atomic mass is 9.94. The van der Waals surface area contributed by atoms with Crippen LogP contribution < -0.4 is 11.5 Å². The molecule has 184 valence electrons. The van der Waals surface area contributed by atoms with Gasteiger partial charge >= 0.3 is 0 Å². The van der Waals surface area contributed by atoms with Gasteiger partial charge in [0.15, 0.2) is 0 Å². The van der Waals surface area contributed by atoms with Gasteiger partial charge < -0.3 is 16.4 Å². The third kappa shape index (κ3) is 8.84. The fourth-order valence-corrected chi connectivity index (χ4v) is 3.52. The van der Waals surface area contributed by atoms with Crippen LogP contribution in [0.15, 0.2) is 67.3 Å². The van der Waals surface area contributed by atoms with Gasteiger partial charge in [0, 0.05) is 43.8 Å². The molecule has 35 heavy (non-hydrogen) atoms. The molecule has 0 spiro atoms. The Morgan fingerprint density at radius 2 is 1.77 bits per heavy atom. The topological polar surface area (TPSA) is 122 Å². The number of nitrogens with two attached hydrogens (primary N) is 2. The van der Waals surface area contributed by atoms with Crippen LogP contribution in [-0.2, 0) is 0 Å². The van der Waals surface area contributed by atoms with Crippen molar-refractivity contribution in [1.29, 1.82) is 5.26 Å². The molecule has 0 saturated heterocycles. The van der Waals surface area contributed by atoms with E-state index < -0.39 is 0 Å². The number of benzene rings is 1. The van der Waals surface area contributed by atoms with Crippen molar-refractivity contribution in [2.75, 3.05) is 25.4 Å². The van der Waals surface area contributed by atoms with Crippen molar-refractivity contribution in [1.82, 2.24) is 14.9 Å². The molecule has 2 aromatic heterocycles. The van der Waals surface area contributed by atoms with Gasteiger partial charge in [0.1, 0.15) is 6.07 Å². The first-order chi connectivity index (χ1) is 16.9. The van der Waals surface area contributed by atoms with Crippen molar-refractivity contribution in [2.45, 2.75) is 39.5 Å². The Labute approximate surface area is 208 Å². The highest BCUT2D eigenvalue weighted by Crippen LogP contribution is 2.23. The molecule has 3 aromatic rings. The highest BCUT2D eigenvalue weighted by atomic mass is 16.2. The summed E-state index contributed by atoms with van der Waals surface area (Å²) >= 11 is 0. The van der Waals surface area contributed by atoms with Gasteiger partial charge in [-0.25, -0.2) is 0 Å². The summed E-state index contributed by atoms with van der Waals surface area (Å²) in [7, 11) is 0. The number of hydrogen-bond donors (Lipinski definition) is 2. The van der Waals surface area contributed by atoms with Crippen LogP contribution >= 0.6 is 0 Å². The molecule has 0 fully saturated rings. The Bertz CT molecular complexity index is 1100. The summed E-state index contributed by atoms with van der Waals surface area (Å²) in [4.78, 5) is 22.3. The minimum absolute atomic E-state index is 0.0199. The molecule has 0 aliphatic carbocycles. The van der Waals surface area contributed by atoms with E-state index in [-0.39, 0.29) is 17.7 Å². The van der Waals surface area contributed by atoms with Gasteiger partial charge in [-0.1, -0.05) is 57.5 Å². The van der Waals surface area contributed by atoms with Crippen LogP contribution in [0.5, 0.6) is 0 Å². The average molecular weight is 473 g/mol. The first-order valence-electron chi connectivity index (χ1n) is 12.0. The molecule has 0 saturated carbocycles. The van der Waals surface area contributed by atoms with Crippen LogP contribution in [0.3, 0.4) is 0 Å². The first-order valence-corrected chi connectivity index (χ1v) is 12.0. The number of unbranched alkanes of at least 4 members (excludes halogenated alkanes) is 1. The van der Waals surface area contributed by atoms with E-state index in [0.717, 1.165) is 24.9 Å². The molecule has 1 amide bonds. The Kier molecular flexibility index (Phi) is 11.4. The number of nitriles is 1. The number of amides is 1. The van der Waals surface area contributed by atoms with E-state index in [0.29, 0.717) is 29.9 Å². The van der Waals surface area contributed by atoms with E-state index in [2.05, 4.69) is 42.0 Å². The van der Waals surface area contributed by atoms with Crippen LogP contribution in [0.1, 0.15) is 66.6 Å². The number of anilines is 1. The second-order valence-electron chi connectivity index (χ2n) is 8.70. The van der Waals surface area contributed by atoms with E-state index >= 15 is 0 Å². The van der Waals surface area contributed by atoms with Crippen molar-refractivity contribution in [3.8, 4) is 6.07 Å². The molecule has 2 unspecified atom stereocenters. The van der Waals surface area contributed by atoms with Gasteiger partial charge in [-0.3, -0.25) is 14.8 Å². The van der Waals surface area contributed by atoms with Gasteiger partial charge in [0.05, 0.1) is 16.8 Å². The first kappa shape index (κ1) is 27.5. The van der Waals surface area contributed by atoms with Gasteiger partial charge in [0.25, 0.3) is 5.91 Å². The minimum Gasteiger partial charge on any atom is -0.397 e. The molecule has 4 N–H and O–H groups in total. The lowest BCUT2D eigenvalue weighted by Gasteiger charge is -2.25. The van der Waals surface area contributed by atoms with Crippen LogP contribution in [-0.4, -0.2) is 40.4 Å². The third-order valence-corrected chi connectivity index (χ3v) is 5.70. The summed E-state index contributed by atoms with van der Waals surface area (Å²) in [6, 6.07) is 15.9. The molecular formula is C28H36N6O. The monoisotopic (exact) mass is 472 g/mol. The summed E-state index contributed by atoms with van der Waals surface area (Å²) in [5.41, 5.74) is 15.3. The minimum atomic E-state index is -0.0199.